The van der Waals surface area contributed by atoms with Crippen molar-refractivity contribution in [1.29, 1.82) is 0 Å². The number of aromatic nitrogens is 1. The lowest BCUT2D eigenvalue weighted by atomic mass is 10.3. The molecule has 1 amide bonds. The molecule has 2 rings (SSSR count). The van der Waals surface area contributed by atoms with E-state index in [2.05, 4.69) is 10.3 Å². The average Bonchev–Trinajstić information content (AvgIpc) is 2.41. The van der Waals surface area contributed by atoms with Crippen LogP contribution in [0.5, 0.6) is 0 Å². The van der Waals surface area contributed by atoms with E-state index in [1.165, 1.54) is 0 Å². The molecule has 18 heavy (non-hydrogen) atoms. The fourth-order valence-electron chi connectivity index (χ4n) is 1.73. The van der Waals surface area contributed by atoms with Crippen molar-refractivity contribution in [3.8, 4) is 0 Å². The molecule has 0 aromatic carbocycles. The first-order valence-electron chi connectivity index (χ1n) is 5.82. The van der Waals surface area contributed by atoms with Crippen LogP contribution in [0.2, 0.25) is 0 Å². The number of amides is 1. The number of thioether (sulfide) groups is 1. The van der Waals surface area contributed by atoms with Crippen molar-refractivity contribution >= 4 is 30.1 Å². The number of carbonyl (C=O) groups excluding carboxylic acids is 1. The number of nitrogens with one attached hydrogen (secondary N) is 1. The van der Waals surface area contributed by atoms with Crippen molar-refractivity contribution in [2.45, 2.75) is 5.75 Å². The van der Waals surface area contributed by atoms with E-state index in [0.29, 0.717) is 5.75 Å². The number of halogens is 1. The Bertz CT molecular complexity index is 358. The molecule has 1 fully saturated rings. The van der Waals surface area contributed by atoms with Gasteiger partial charge in [-0.15, -0.1) is 24.2 Å². The second-order valence-electron chi connectivity index (χ2n) is 3.94. The topological polar surface area (TPSA) is 45.2 Å². The van der Waals surface area contributed by atoms with Gasteiger partial charge in [0.1, 0.15) is 0 Å². The second kappa shape index (κ2) is 8.34. The summed E-state index contributed by atoms with van der Waals surface area (Å²) >= 11 is 1.63. The molecule has 0 radical (unpaired) electrons. The summed E-state index contributed by atoms with van der Waals surface area (Å²) in [5.41, 5.74) is 1.03. The van der Waals surface area contributed by atoms with Crippen LogP contribution < -0.4 is 5.32 Å². The third-order valence-electron chi connectivity index (χ3n) is 2.67. The van der Waals surface area contributed by atoms with Crippen molar-refractivity contribution in [1.82, 2.24) is 15.2 Å². The molecular weight excluding hydrogens is 270 g/mol. The number of carbonyl (C=O) groups is 1. The van der Waals surface area contributed by atoms with Crippen LogP contribution in [0.4, 0.5) is 0 Å². The van der Waals surface area contributed by atoms with Crippen molar-refractivity contribution in [2.75, 3.05) is 31.9 Å². The zero-order valence-electron chi connectivity index (χ0n) is 10.2. The molecule has 1 aromatic heterocycles. The molecule has 1 aliphatic rings. The minimum atomic E-state index is 0. The monoisotopic (exact) mass is 287 g/mol. The number of piperazine rings is 1. The van der Waals surface area contributed by atoms with Crippen molar-refractivity contribution < 1.29 is 4.79 Å². The summed E-state index contributed by atoms with van der Waals surface area (Å²) in [7, 11) is 0. The van der Waals surface area contributed by atoms with Crippen LogP contribution >= 0.6 is 24.2 Å². The van der Waals surface area contributed by atoms with E-state index < -0.39 is 0 Å². The van der Waals surface area contributed by atoms with Crippen molar-refractivity contribution in [3.63, 3.8) is 0 Å². The van der Waals surface area contributed by atoms with E-state index >= 15 is 0 Å². The summed E-state index contributed by atoms with van der Waals surface area (Å²) in [6.45, 7) is 3.50. The molecular formula is C12H18ClN3OS. The number of hydrogen-bond donors (Lipinski definition) is 1. The number of pyridine rings is 1. The molecule has 0 unspecified atom stereocenters. The Morgan fingerprint density at radius 2 is 2.17 bits per heavy atom. The van der Waals surface area contributed by atoms with E-state index in [1.54, 1.807) is 18.0 Å². The summed E-state index contributed by atoms with van der Waals surface area (Å²) < 4.78 is 0. The molecule has 0 spiro atoms. The largest absolute Gasteiger partial charge is 0.339 e. The molecule has 1 saturated heterocycles. The summed E-state index contributed by atoms with van der Waals surface area (Å²) in [6.07, 6.45) is 1.79. The van der Waals surface area contributed by atoms with Crippen LogP contribution in [-0.2, 0) is 10.5 Å². The third-order valence-corrected chi connectivity index (χ3v) is 3.62. The Hall–Kier alpha value is -0.780. The van der Waals surface area contributed by atoms with Gasteiger partial charge in [0, 0.05) is 38.1 Å². The lowest BCUT2D eigenvalue weighted by molar-refractivity contribution is -0.128. The minimum absolute atomic E-state index is 0. The van der Waals surface area contributed by atoms with Gasteiger partial charge in [-0.05, 0) is 12.1 Å². The summed E-state index contributed by atoms with van der Waals surface area (Å²) in [5.74, 6) is 1.60. The van der Waals surface area contributed by atoms with Gasteiger partial charge in [-0.25, -0.2) is 0 Å². The maximum Gasteiger partial charge on any atom is 0.232 e. The highest BCUT2D eigenvalue weighted by Gasteiger charge is 2.15. The van der Waals surface area contributed by atoms with E-state index in [9.17, 15) is 4.79 Å². The molecule has 1 aromatic rings. The molecule has 4 nitrogen and oxygen atoms in total. The normalized spacial score (nSPS) is 15.0. The Labute approximate surface area is 118 Å². The van der Waals surface area contributed by atoms with E-state index in [1.807, 2.05) is 23.1 Å². The fraction of sp³-hybridized carbons (Fsp3) is 0.500. The van der Waals surface area contributed by atoms with Crippen LogP contribution in [-0.4, -0.2) is 47.7 Å². The van der Waals surface area contributed by atoms with E-state index in [0.717, 1.165) is 37.6 Å². The van der Waals surface area contributed by atoms with Crippen molar-refractivity contribution in [3.05, 3.63) is 30.1 Å². The van der Waals surface area contributed by atoms with Gasteiger partial charge >= 0.3 is 0 Å². The predicted octanol–water partition coefficient (Wildman–Crippen LogP) is 1.17. The van der Waals surface area contributed by atoms with Gasteiger partial charge in [0.25, 0.3) is 0 Å². The molecule has 0 aliphatic carbocycles. The van der Waals surface area contributed by atoms with Crippen LogP contribution in [0.15, 0.2) is 24.4 Å². The van der Waals surface area contributed by atoms with Crippen LogP contribution in [0, 0.1) is 0 Å². The Morgan fingerprint density at radius 1 is 1.39 bits per heavy atom. The van der Waals surface area contributed by atoms with Gasteiger partial charge in [-0.3, -0.25) is 9.78 Å². The fourth-order valence-corrected chi connectivity index (χ4v) is 2.57. The molecule has 2 heterocycles. The summed E-state index contributed by atoms with van der Waals surface area (Å²) in [6, 6.07) is 5.86. The first-order valence-corrected chi connectivity index (χ1v) is 6.98. The maximum absolute atomic E-state index is 11.8. The maximum atomic E-state index is 11.8. The molecule has 1 N–H and O–H groups in total. The van der Waals surface area contributed by atoms with E-state index in [-0.39, 0.29) is 18.3 Å². The molecule has 100 valence electrons. The minimum Gasteiger partial charge on any atom is -0.339 e. The van der Waals surface area contributed by atoms with Gasteiger partial charge < -0.3 is 10.2 Å². The molecule has 1 aliphatic heterocycles. The number of nitrogens with zero attached hydrogens (tertiary/aromatic N) is 2. The zero-order valence-corrected chi connectivity index (χ0v) is 11.8. The molecule has 0 saturated carbocycles. The molecule has 0 atom stereocenters. The van der Waals surface area contributed by atoms with Gasteiger partial charge in [0.2, 0.25) is 5.91 Å². The van der Waals surface area contributed by atoms with Gasteiger partial charge in [-0.1, -0.05) is 6.07 Å². The Morgan fingerprint density at radius 3 is 2.83 bits per heavy atom. The van der Waals surface area contributed by atoms with Crippen LogP contribution in [0.1, 0.15) is 5.69 Å². The van der Waals surface area contributed by atoms with Crippen LogP contribution in [0.3, 0.4) is 0 Å². The lowest BCUT2D eigenvalue weighted by Crippen LogP contribution is -2.47. The van der Waals surface area contributed by atoms with E-state index in [4.69, 9.17) is 0 Å². The summed E-state index contributed by atoms with van der Waals surface area (Å²) in [5, 5.41) is 3.24. The Kier molecular flexibility index (Phi) is 7.08. The summed E-state index contributed by atoms with van der Waals surface area (Å²) in [4.78, 5) is 18.0. The quantitative estimate of drug-likeness (QED) is 0.903. The van der Waals surface area contributed by atoms with Crippen molar-refractivity contribution in [2.24, 2.45) is 0 Å². The first-order chi connectivity index (χ1) is 8.36. The Balaban J connectivity index is 0.00000162. The molecule has 6 heteroatoms. The first kappa shape index (κ1) is 15.3. The number of rotatable bonds is 4. The van der Waals surface area contributed by atoms with Crippen LogP contribution in [0.25, 0.3) is 0 Å². The van der Waals surface area contributed by atoms with Gasteiger partial charge in [-0.2, -0.15) is 0 Å². The molecule has 0 bridgehead atoms. The highest BCUT2D eigenvalue weighted by Crippen LogP contribution is 2.10. The predicted molar refractivity (Wildman–Crippen MR) is 77.1 cm³/mol. The smallest absolute Gasteiger partial charge is 0.232 e. The van der Waals surface area contributed by atoms with Gasteiger partial charge in [0.05, 0.1) is 11.4 Å². The zero-order chi connectivity index (χ0) is 11.9. The third kappa shape index (κ3) is 4.84. The highest BCUT2D eigenvalue weighted by molar-refractivity contribution is 7.99. The van der Waals surface area contributed by atoms with Gasteiger partial charge in [0.15, 0.2) is 0 Å². The lowest BCUT2D eigenvalue weighted by Gasteiger charge is -2.27. The standard InChI is InChI=1S/C12H17N3OS.ClH/c16-12(15-7-5-13-6-8-15)10-17-9-11-3-1-2-4-14-11;/h1-4,13H,5-10H2;1H. The highest BCUT2D eigenvalue weighted by atomic mass is 35.5. The second-order valence-corrected chi connectivity index (χ2v) is 4.93. The number of hydrogen-bond acceptors (Lipinski definition) is 4. The SMILES string of the molecule is Cl.O=C(CSCc1ccccn1)N1CCNCC1. The average molecular weight is 288 g/mol.